The molecule has 9 heteroatoms. The van der Waals surface area contributed by atoms with Gasteiger partial charge in [0.2, 0.25) is 6.20 Å². The van der Waals surface area contributed by atoms with Crippen LogP contribution in [0.2, 0.25) is 0 Å². The van der Waals surface area contributed by atoms with E-state index in [2.05, 4.69) is 5.32 Å². The van der Waals surface area contributed by atoms with Gasteiger partial charge >= 0.3 is 29.6 Å². The molecule has 1 aromatic heterocycles. The molecular weight excluding hydrogens is 305 g/mol. The number of nitro groups is 1. The third-order valence-corrected chi connectivity index (χ3v) is 3.18. The molecule has 0 saturated carbocycles. The largest absolute Gasteiger partial charge is 1.00 e. The molecule has 0 aromatic carbocycles. The molecule has 1 aromatic rings. The maximum absolute atomic E-state index is 11.0. The molecule has 112 valence electrons. The Hall–Kier alpha value is -0.670. The van der Waals surface area contributed by atoms with E-state index in [9.17, 15) is 15.2 Å². The number of furan rings is 1. The van der Waals surface area contributed by atoms with Crippen molar-refractivity contribution in [3.63, 3.8) is 0 Å². The van der Waals surface area contributed by atoms with Gasteiger partial charge in [0.05, 0.1) is 17.2 Å². The zero-order valence-electron chi connectivity index (χ0n) is 12.5. The molecule has 0 aliphatic rings. The van der Waals surface area contributed by atoms with E-state index in [1.165, 1.54) is 0 Å². The van der Waals surface area contributed by atoms with Gasteiger partial charge in [-0.05, 0) is 26.2 Å². The maximum atomic E-state index is 11.0. The fourth-order valence-corrected chi connectivity index (χ4v) is 2.20. The van der Waals surface area contributed by atoms with Crippen molar-refractivity contribution in [2.75, 3.05) is 26.4 Å². The molecule has 21 heavy (non-hydrogen) atoms. The third-order valence-electron chi connectivity index (χ3n) is 2.20. The van der Waals surface area contributed by atoms with Crippen LogP contribution in [0.15, 0.2) is 28.6 Å². The molecule has 0 fully saturated rings. The molecule has 7 nitrogen and oxygen atoms in total. The number of nitrogens with zero attached hydrogens (tertiary/aromatic N) is 2. The van der Waals surface area contributed by atoms with Crippen molar-refractivity contribution in [2.24, 2.45) is 0 Å². The summed E-state index contributed by atoms with van der Waals surface area (Å²) in [4.78, 5) is 11.3. The minimum atomic E-state index is -0.766. The Bertz CT molecular complexity index is 465. The first-order valence-corrected chi connectivity index (χ1v) is 7.19. The predicted molar refractivity (Wildman–Crippen MR) is 75.3 cm³/mol. The summed E-state index contributed by atoms with van der Waals surface area (Å²) >= 11 is 1.59. The van der Waals surface area contributed by atoms with E-state index >= 15 is 0 Å². The number of rotatable bonds is 9. The Kier molecular flexibility index (Phi) is 10.6. The van der Waals surface area contributed by atoms with E-state index in [1.54, 1.807) is 11.8 Å². The van der Waals surface area contributed by atoms with Crippen molar-refractivity contribution in [2.45, 2.75) is 12.3 Å². The Morgan fingerprint density at radius 2 is 2.14 bits per heavy atom. The topological polar surface area (TPSA) is 94.6 Å². The molecule has 0 unspecified atom stereocenters. The van der Waals surface area contributed by atoms with Gasteiger partial charge in [-0.2, -0.15) is 11.8 Å². The van der Waals surface area contributed by atoms with Gasteiger partial charge in [-0.25, -0.2) is 0 Å². The summed E-state index contributed by atoms with van der Waals surface area (Å²) in [5.74, 6) is 2.50. The molecule has 0 bridgehead atoms. The number of nitrogens with one attached hydrogen (secondary N) is 1. The summed E-state index contributed by atoms with van der Waals surface area (Å²) < 4.78 is 5.63. The van der Waals surface area contributed by atoms with Crippen LogP contribution in [0.25, 0.3) is 0 Å². The summed E-state index contributed by atoms with van der Waals surface area (Å²) in [6, 6.07) is 3.88. The Morgan fingerprint density at radius 1 is 1.48 bits per heavy atom. The quantitative estimate of drug-likeness (QED) is 0.178. The van der Waals surface area contributed by atoms with E-state index in [0.717, 1.165) is 18.1 Å². The average molecular weight is 323 g/mol. The normalized spacial score (nSPS) is 11.3. The van der Waals surface area contributed by atoms with Crippen molar-refractivity contribution in [1.82, 2.24) is 10.2 Å². The van der Waals surface area contributed by atoms with Gasteiger partial charge < -0.3 is 19.7 Å². The zero-order valence-corrected chi connectivity index (χ0v) is 15.3. The van der Waals surface area contributed by atoms with Crippen molar-refractivity contribution < 1.29 is 44.0 Å². The Balaban J connectivity index is 0.00000400. The Morgan fingerprint density at radius 3 is 2.76 bits per heavy atom. The van der Waals surface area contributed by atoms with E-state index in [1.807, 2.05) is 31.1 Å². The first kappa shape index (κ1) is 20.3. The van der Waals surface area contributed by atoms with E-state index in [-0.39, 0.29) is 29.6 Å². The van der Waals surface area contributed by atoms with Gasteiger partial charge in [0.15, 0.2) is 0 Å². The van der Waals surface area contributed by atoms with Crippen LogP contribution in [0.4, 0.5) is 0 Å². The van der Waals surface area contributed by atoms with Gasteiger partial charge in [0.1, 0.15) is 11.5 Å². The van der Waals surface area contributed by atoms with Crippen LogP contribution in [0.5, 0.6) is 0 Å². The second kappa shape index (κ2) is 11.0. The van der Waals surface area contributed by atoms with Crippen LogP contribution in [0.1, 0.15) is 11.5 Å². The second-order valence-corrected chi connectivity index (χ2v) is 5.47. The number of thioether (sulfide) groups is 1. The minimum absolute atomic E-state index is 0. The van der Waals surface area contributed by atoms with Crippen LogP contribution < -0.4 is 40.0 Å². The Labute approximate surface area is 150 Å². The molecule has 0 amide bonds. The van der Waals surface area contributed by atoms with Crippen LogP contribution in [-0.4, -0.2) is 36.2 Å². The van der Waals surface area contributed by atoms with Gasteiger partial charge in [0, 0.05) is 18.2 Å². The monoisotopic (exact) mass is 323 g/mol. The van der Waals surface area contributed by atoms with Gasteiger partial charge in [-0.3, -0.25) is 10.1 Å². The SMILES string of the molecule is CN(C)Cc1ccc(CSCCNC([O-])=C[N+](=O)[O-])o1.[Na+]. The van der Waals surface area contributed by atoms with Crippen LogP contribution in [0, 0.1) is 10.1 Å². The molecular formula is C12H18N3NaO4S. The number of hydrogen-bond donors (Lipinski definition) is 1. The van der Waals surface area contributed by atoms with E-state index in [0.29, 0.717) is 24.3 Å². The van der Waals surface area contributed by atoms with Crippen molar-refractivity contribution in [3.05, 3.63) is 45.9 Å². The molecule has 1 heterocycles. The smallest absolute Gasteiger partial charge is 0.856 e. The fourth-order valence-electron chi connectivity index (χ4n) is 1.46. The summed E-state index contributed by atoms with van der Waals surface area (Å²) in [6.07, 6.45) is 0.421. The molecule has 1 N–H and O–H groups in total. The minimum Gasteiger partial charge on any atom is -0.856 e. The molecule has 0 saturated heterocycles. The second-order valence-electron chi connectivity index (χ2n) is 4.36. The standard InChI is InChI=1S/C12H19N3O4S.Na/c1-14(2)7-10-3-4-11(19-10)9-20-6-5-13-12(16)8-15(17)18;/h3-4,8,13,16H,5-7,9H2,1-2H3;/q;+1/p-1. The molecule has 0 atom stereocenters. The third kappa shape index (κ3) is 9.81. The van der Waals surface area contributed by atoms with Crippen LogP contribution >= 0.6 is 11.8 Å². The molecule has 1 rings (SSSR count). The van der Waals surface area contributed by atoms with Gasteiger partial charge in [0.25, 0.3) is 0 Å². The predicted octanol–water partition coefficient (Wildman–Crippen LogP) is -2.40. The first-order chi connectivity index (χ1) is 9.47. The average Bonchev–Trinajstić information content (AvgIpc) is 2.74. The summed E-state index contributed by atoms with van der Waals surface area (Å²) in [7, 11) is 3.95. The molecule has 0 aliphatic carbocycles. The van der Waals surface area contributed by atoms with Crippen molar-refractivity contribution in [1.29, 1.82) is 0 Å². The van der Waals surface area contributed by atoms with Crippen molar-refractivity contribution in [3.8, 4) is 0 Å². The first-order valence-electron chi connectivity index (χ1n) is 6.03. The van der Waals surface area contributed by atoms with E-state index < -0.39 is 10.8 Å². The number of hydrogen-bond acceptors (Lipinski definition) is 7. The molecule has 0 aliphatic heterocycles. The zero-order chi connectivity index (χ0) is 15.0. The van der Waals surface area contributed by atoms with Crippen LogP contribution in [-0.2, 0) is 12.3 Å². The summed E-state index contributed by atoms with van der Waals surface area (Å²) in [6.45, 7) is 1.15. The van der Waals surface area contributed by atoms with Gasteiger partial charge in [-0.15, -0.1) is 0 Å². The van der Waals surface area contributed by atoms with Crippen LogP contribution in [0.3, 0.4) is 0 Å². The fraction of sp³-hybridized carbons (Fsp3) is 0.500. The summed E-state index contributed by atoms with van der Waals surface area (Å²) in [5.41, 5.74) is 0. The van der Waals surface area contributed by atoms with Gasteiger partial charge in [-0.1, -0.05) is 0 Å². The molecule has 0 radical (unpaired) electrons. The maximum Gasteiger partial charge on any atom is 1.00 e. The van der Waals surface area contributed by atoms with E-state index in [4.69, 9.17) is 4.42 Å². The van der Waals surface area contributed by atoms with Crippen molar-refractivity contribution >= 4 is 11.8 Å². The summed E-state index contributed by atoms with van der Waals surface area (Å²) in [5, 5.41) is 23.4. The molecule has 0 spiro atoms.